The van der Waals surface area contributed by atoms with Gasteiger partial charge in [-0.05, 0) is 99.2 Å². The highest BCUT2D eigenvalue weighted by Gasteiger charge is 2.36. The van der Waals surface area contributed by atoms with E-state index in [1.165, 1.54) is 24.3 Å². The summed E-state index contributed by atoms with van der Waals surface area (Å²) in [6, 6.07) is 18.1. The van der Waals surface area contributed by atoms with Crippen LogP contribution in [-0.4, -0.2) is 41.0 Å². The molecule has 1 aliphatic carbocycles. The number of methoxy groups -OCH3 is 1. The lowest BCUT2D eigenvalue weighted by atomic mass is 9.97. The van der Waals surface area contributed by atoms with Gasteiger partial charge >= 0.3 is 12.3 Å². The second-order valence-corrected chi connectivity index (χ2v) is 12.6. The molecule has 1 atom stereocenters. The SMILES string of the molecule is COc1ccc(C(NCC2CC2)c2ccc(F)c(NC(=O)c3cc(C(F)(F)F)nn3-c3cccc(CNC(=O)OC(C)(C)C)c3)c2)cc1. The number of hydrogen-bond donors (Lipinski definition) is 3. The number of amides is 2. The first-order valence-corrected chi connectivity index (χ1v) is 15.4. The van der Waals surface area contributed by atoms with Crippen LogP contribution in [0.3, 0.4) is 0 Å². The number of ether oxygens (including phenoxy) is 2. The number of halogens is 4. The predicted octanol–water partition coefficient (Wildman–Crippen LogP) is 7.40. The van der Waals surface area contributed by atoms with E-state index in [4.69, 9.17) is 9.47 Å². The van der Waals surface area contributed by atoms with Crippen LogP contribution in [0, 0.1) is 11.7 Å². The van der Waals surface area contributed by atoms with E-state index in [0.717, 1.165) is 29.6 Å². The largest absolute Gasteiger partial charge is 0.497 e. The molecule has 0 bridgehead atoms. The number of carbonyl (C=O) groups excluding carboxylic acids is 2. The minimum Gasteiger partial charge on any atom is -0.497 e. The maximum Gasteiger partial charge on any atom is 0.435 e. The Labute approximate surface area is 275 Å². The average Bonchev–Trinajstić information content (AvgIpc) is 3.74. The van der Waals surface area contributed by atoms with Crippen molar-refractivity contribution in [2.45, 2.75) is 58.0 Å². The van der Waals surface area contributed by atoms with Crippen LogP contribution in [0.1, 0.15) is 72.5 Å². The van der Waals surface area contributed by atoms with Gasteiger partial charge in [0.25, 0.3) is 5.91 Å². The number of benzene rings is 3. The number of aromatic nitrogens is 2. The summed E-state index contributed by atoms with van der Waals surface area (Å²) in [6.45, 7) is 5.87. The molecule has 5 rings (SSSR count). The highest BCUT2D eigenvalue weighted by molar-refractivity contribution is 6.03. The molecule has 3 aromatic carbocycles. The van der Waals surface area contributed by atoms with Gasteiger partial charge in [0.1, 0.15) is 22.9 Å². The van der Waals surface area contributed by atoms with E-state index >= 15 is 4.39 Å². The van der Waals surface area contributed by atoms with E-state index in [2.05, 4.69) is 21.0 Å². The molecule has 48 heavy (non-hydrogen) atoms. The Morgan fingerprint density at radius 1 is 0.979 bits per heavy atom. The topological polar surface area (TPSA) is 107 Å². The third-order valence-electron chi connectivity index (χ3n) is 7.55. The van der Waals surface area contributed by atoms with Crippen LogP contribution in [0.5, 0.6) is 5.75 Å². The first-order chi connectivity index (χ1) is 22.7. The molecule has 0 saturated heterocycles. The van der Waals surface area contributed by atoms with E-state index < -0.39 is 41.0 Å². The summed E-state index contributed by atoms with van der Waals surface area (Å²) in [6.07, 6.45) is -3.30. The first-order valence-electron chi connectivity index (χ1n) is 15.4. The lowest BCUT2D eigenvalue weighted by Gasteiger charge is -2.21. The van der Waals surface area contributed by atoms with Crippen LogP contribution in [0.25, 0.3) is 5.69 Å². The molecule has 1 heterocycles. The molecule has 4 aromatic rings. The van der Waals surface area contributed by atoms with E-state index in [1.807, 2.05) is 24.3 Å². The van der Waals surface area contributed by atoms with Gasteiger partial charge in [-0.1, -0.05) is 30.3 Å². The average molecular weight is 668 g/mol. The molecule has 13 heteroatoms. The lowest BCUT2D eigenvalue weighted by Crippen LogP contribution is -2.32. The van der Waals surface area contributed by atoms with Crippen molar-refractivity contribution in [3.63, 3.8) is 0 Å². The standard InChI is InChI=1S/C35H37F4N5O4/c1-34(2,3)48-33(46)41-20-22-6-5-7-25(16-22)44-29(18-30(43-44)35(37,38)39)32(45)42-28-17-24(12-15-27(28)36)31(40-19-21-8-9-21)23-10-13-26(47-4)14-11-23/h5-7,10-18,21,31,40H,8-9,19-20H2,1-4H3,(H,41,46)(H,42,45). The second-order valence-electron chi connectivity index (χ2n) is 12.6. The molecule has 0 aliphatic heterocycles. The van der Waals surface area contributed by atoms with Crippen LogP contribution in [0.2, 0.25) is 0 Å². The molecular formula is C35H37F4N5O4. The fraction of sp³-hybridized carbons (Fsp3) is 0.343. The fourth-order valence-electron chi connectivity index (χ4n) is 5.00. The first kappa shape index (κ1) is 34.4. The summed E-state index contributed by atoms with van der Waals surface area (Å²) in [7, 11) is 1.57. The number of alkyl halides is 3. The van der Waals surface area contributed by atoms with Gasteiger partial charge < -0.3 is 25.4 Å². The van der Waals surface area contributed by atoms with E-state index in [9.17, 15) is 22.8 Å². The molecule has 1 saturated carbocycles. The molecule has 1 aromatic heterocycles. The number of alkyl carbamates (subject to hydrolysis) is 1. The normalized spacial score (nSPS) is 13.9. The summed E-state index contributed by atoms with van der Waals surface area (Å²) >= 11 is 0. The van der Waals surface area contributed by atoms with Gasteiger partial charge in [0.2, 0.25) is 0 Å². The number of nitrogens with one attached hydrogen (secondary N) is 3. The maximum atomic E-state index is 15.2. The number of hydrogen-bond acceptors (Lipinski definition) is 6. The van der Waals surface area contributed by atoms with Crippen LogP contribution in [0.4, 0.5) is 28.0 Å². The van der Waals surface area contributed by atoms with E-state index in [0.29, 0.717) is 28.9 Å². The highest BCUT2D eigenvalue weighted by Crippen LogP contribution is 2.33. The predicted molar refractivity (Wildman–Crippen MR) is 172 cm³/mol. The molecular weight excluding hydrogens is 630 g/mol. The van der Waals surface area contributed by atoms with Crippen molar-refractivity contribution in [1.82, 2.24) is 20.4 Å². The molecule has 0 spiro atoms. The third kappa shape index (κ3) is 8.91. The van der Waals surface area contributed by atoms with Crippen molar-refractivity contribution >= 4 is 17.7 Å². The minimum atomic E-state index is -4.86. The van der Waals surface area contributed by atoms with Crippen molar-refractivity contribution in [3.8, 4) is 11.4 Å². The summed E-state index contributed by atoms with van der Waals surface area (Å²) in [5.74, 6) is -0.551. The molecule has 1 unspecified atom stereocenters. The van der Waals surface area contributed by atoms with Crippen molar-refractivity contribution in [1.29, 1.82) is 0 Å². The summed E-state index contributed by atoms with van der Waals surface area (Å²) < 4.78 is 68.0. The minimum absolute atomic E-state index is 0.000171. The van der Waals surface area contributed by atoms with Crippen molar-refractivity contribution < 1.29 is 36.6 Å². The number of carbonyl (C=O) groups is 2. The Morgan fingerprint density at radius 2 is 1.69 bits per heavy atom. The smallest absolute Gasteiger partial charge is 0.435 e. The van der Waals surface area contributed by atoms with Gasteiger partial charge in [-0.2, -0.15) is 18.3 Å². The zero-order valence-corrected chi connectivity index (χ0v) is 27.0. The Balaban J connectivity index is 1.42. The van der Waals surface area contributed by atoms with Gasteiger partial charge in [0.15, 0.2) is 5.69 Å². The third-order valence-corrected chi connectivity index (χ3v) is 7.55. The number of nitrogens with zero attached hydrogens (tertiary/aromatic N) is 2. The number of anilines is 1. The Bertz CT molecular complexity index is 1760. The summed E-state index contributed by atoms with van der Waals surface area (Å²) in [5, 5.41) is 12.2. The van der Waals surface area contributed by atoms with Gasteiger partial charge in [0.05, 0.1) is 24.5 Å². The molecule has 1 aliphatic rings. The maximum absolute atomic E-state index is 15.2. The molecule has 0 radical (unpaired) electrons. The van der Waals surface area contributed by atoms with Gasteiger partial charge in [-0.3, -0.25) is 4.79 Å². The Hall–Kier alpha value is -4.91. The van der Waals surface area contributed by atoms with Gasteiger partial charge in [0, 0.05) is 12.6 Å². The fourth-order valence-corrected chi connectivity index (χ4v) is 5.00. The van der Waals surface area contributed by atoms with Gasteiger partial charge in [-0.25, -0.2) is 13.9 Å². The lowest BCUT2D eigenvalue weighted by molar-refractivity contribution is -0.141. The Kier molecular flexibility index (Phi) is 10.1. The number of rotatable bonds is 11. The van der Waals surface area contributed by atoms with Crippen LogP contribution in [-0.2, 0) is 17.5 Å². The van der Waals surface area contributed by atoms with Gasteiger partial charge in [-0.15, -0.1) is 0 Å². The molecule has 2 amide bonds. The molecule has 1 fully saturated rings. The van der Waals surface area contributed by atoms with Crippen LogP contribution < -0.4 is 20.7 Å². The zero-order chi connectivity index (χ0) is 34.6. The molecule has 3 N–H and O–H groups in total. The molecule has 254 valence electrons. The molecule has 9 nitrogen and oxygen atoms in total. The van der Waals surface area contributed by atoms with Crippen molar-refractivity contribution in [3.05, 3.63) is 107 Å². The highest BCUT2D eigenvalue weighted by atomic mass is 19.4. The van der Waals surface area contributed by atoms with E-state index in [1.54, 1.807) is 46.1 Å². The second kappa shape index (κ2) is 14.1. The monoisotopic (exact) mass is 667 g/mol. The zero-order valence-electron chi connectivity index (χ0n) is 27.0. The quantitative estimate of drug-likeness (QED) is 0.144. The summed E-state index contributed by atoms with van der Waals surface area (Å²) in [4.78, 5) is 25.7. The van der Waals surface area contributed by atoms with Crippen molar-refractivity contribution in [2.75, 3.05) is 19.0 Å². The Morgan fingerprint density at radius 3 is 2.33 bits per heavy atom. The van der Waals surface area contributed by atoms with Crippen molar-refractivity contribution in [2.24, 2.45) is 5.92 Å². The van der Waals surface area contributed by atoms with Crippen LogP contribution in [0.15, 0.2) is 72.8 Å². The van der Waals surface area contributed by atoms with E-state index in [-0.39, 0.29) is 24.0 Å². The summed E-state index contributed by atoms with van der Waals surface area (Å²) in [5.41, 5.74) is -0.541. The van der Waals surface area contributed by atoms with Crippen LogP contribution >= 0.6 is 0 Å².